The van der Waals surface area contributed by atoms with Gasteiger partial charge in [-0.1, -0.05) is 19.8 Å². The molecule has 0 aromatic heterocycles. The smallest absolute Gasteiger partial charge is 0.212 e. The molecule has 1 fully saturated rings. The van der Waals surface area contributed by atoms with Gasteiger partial charge in [-0.3, -0.25) is 0 Å². The van der Waals surface area contributed by atoms with Crippen LogP contribution in [0.5, 0.6) is 0 Å². The Labute approximate surface area is 81.2 Å². The van der Waals surface area contributed by atoms with Crippen LogP contribution in [-0.4, -0.2) is 31.6 Å². The van der Waals surface area contributed by atoms with E-state index in [-0.39, 0.29) is 0 Å². The second kappa shape index (κ2) is 4.96. The molecule has 3 nitrogen and oxygen atoms in total. The summed E-state index contributed by atoms with van der Waals surface area (Å²) in [6.07, 6.45) is 4.98. The highest BCUT2D eigenvalue weighted by atomic mass is 32.2. The van der Waals surface area contributed by atoms with Gasteiger partial charge < -0.3 is 0 Å². The van der Waals surface area contributed by atoms with Gasteiger partial charge in [0.25, 0.3) is 0 Å². The van der Waals surface area contributed by atoms with Crippen LogP contribution in [0.2, 0.25) is 0 Å². The molecule has 0 spiro atoms. The number of nitrogens with zero attached hydrogens (tertiary/aromatic N) is 1. The predicted molar refractivity (Wildman–Crippen MR) is 54.1 cm³/mol. The highest BCUT2D eigenvalue weighted by molar-refractivity contribution is 7.89. The lowest BCUT2D eigenvalue weighted by Crippen LogP contribution is -2.30. The zero-order valence-corrected chi connectivity index (χ0v) is 9.15. The maximum absolute atomic E-state index is 11.6. The van der Waals surface area contributed by atoms with Crippen molar-refractivity contribution in [1.29, 1.82) is 0 Å². The lowest BCUT2D eigenvalue weighted by atomic mass is 10.3. The van der Waals surface area contributed by atoms with Gasteiger partial charge in [0.15, 0.2) is 0 Å². The number of sulfonamides is 1. The van der Waals surface area contributed by atoms with Crippen LogP contribution in [0.4, 0.5) is 0 Å². The fraction of sp³-hybridized carbons (Fsp3) is 1.00. The largest absolute Gasteiger partial charge is 0.214 e. The Morgan fingerprint density at radius 2 is 1.77 bits per heavy atom. The number of hydrogen-bond acceptors (Lipinski definition) is 2. The van der Waals surface area contributed by atoms with Crippen molar-refractivity contribution in [3.63, 3.8) is 0 Å². The molecule has 0 atom stereocenters. The summed E-state index contributed by atoms with van der Waals surface area (Å²) in [6, 6.07) is 0. The third-order valence-corrected chi connectivity index (χ3v) is 4.42. The summed E-state index contributed by atoms with van der Waals surface area (Å²) < 4.78 is 24.9. The summed E-state index contributed by atoms with van der Waals surface area (Å²) in [5.74, 6) is 0.348. The summed E-state index contributed by atoms with van der Waals surface area (Å²) in [6.45, 7) is 3.57. The fourth-order valence-corrected chi connectivity index (χ4v) is 3.27. The minimum absolute atomic E-state index is 0.348. The van der Waals surface area contributed by atoms with Gasteiger partial charge in [0.2, 0.25) is 10.0 Å². The lowest BCUT2D eigenvalue weighted by molar-refractivity contribution is 0.475. The molecule has 0 amide bonds. The summed E-state index contributed by atoms with van der Waals surface area (Å²) in [5.41, 5.74) is 0. The Bertz CT molecular complexity index is 230. The van der Waals surface area contributed by atoms with Crippen LogP contribution in [0, 0.1) is 0 Å². The summed E-state index contributed by atoms with van der Waals surface area (Å²) in [4.78, 5) is 0. The Kier molecular flexibility index (Phi) is 4.19. The molecular weight excluding hydrogens is 186 g/mol. The van der Waals surface area contributed by atoms with Crippen LogP contribution in [-0.2, 0) is 10.0 Å². The van der Waals surface area contributed by atoms with Crippen LogP contribution in [0.25, 0.3) is 0 Å². The molecule has 1 aliphatic rings. The van der Waals surface area contributed by atoms with Gasteiger partial charge >= 0.3 is 0 Å². The minimum Gasteiger partial charge on any atom is -0.212 e. The van der Waals surface area contributed by atoms with Crippen LogP contribution in [0.1, 0.15) is 39.0 Å². The van der Waals surface area contributed by atoms with Crippen molar-refractivity contribution in [3.8, 4) is 0 Å². The molecule has 0 radical (unpaired) electrons. The first-order valence-corrected chi connectivity index (χ1v) is 6.75. The molecule has 4 heteroatoms. The highest BCUT2D eigenvalue weighted by Crippen LogP contribution is 2.14. The molecular formula is C9H19NO2S. The van der Waals surface area contributed by atoms with Crippen molar-refractivity contribution in [3.05, 3.63) is 0 Å². The van der Waals surface area contributed by atoms with Gasteiger partial charge in [-0.05, 0) is 19.3 Å². The molecule has 0 N–H and O–H groups in total. The van der Waals surface area contributed by atoms with Crippen LogP contribution in [0.15, 0.2) is 0 Å². The van der Waals surface area contributed by atoms with Crippen LogP contribution >= 0.6 is 0 Å². The van der Waals surface area contributed by atoms with E-state index in [4.69, 9.17) is 0 Å². The van der Waals surface area contributed by atoms with E-state index in [9.17, 15) is 8.42 Å². The van der Waals surface area contributed by atoms with E-state index >= 15 is 0 Å². The molecule has 0 saturated carbocycles. The Morgan fingerprint density at radius 1 is 1.15 bits per heavy atom. The second-order valence-electron chi connectivity index (χ2n) is 3.63. The van der Waals surface area contributed by atoms with Crippen LogP contribution in [0.3, 0.4) is 0 Å². The molecule has 0 aliphatic carbocycles. The van der Waals surface area contributed by atoms with Gasteiger partial charge in [-0.2, -0.15) is 0 Å². The zero-order valence-electron chi connectivity index (χ0n) is 8.33. The minimum atomic E-state index is -2.90. The standard InChI is InChI=1S/C9H19NO2S/c1-2-3-6-9-13(11,12)10-7-4-5-8-10/h2-9H2,1H3. The molecule has 1 aliphatic heterocycles. The molecule has 1 rings (SSSR count). The van der Waals surface area contributed by atoms with Crippen molar-refractivity contribution in [2.45, 2.75) is 39.0 Å². The molecule has 1 saturated heterocycles. The van der Waals surface area contributed by atoms with E-state index in [1.807, 2.05) is 0 Å². The molecule has 78 valence electrons. The SMILES string of the molecule is CCCCCS(=O)(=O)N1CCCC1. The molecule has 0 unspecified atom stereocenters. The average molecular weight is 205 g/mol. The first-order valence-electron chi connectivity index (χ1n) is 5.14. The molecule has 13 heavy (non-hydrogen) atoms. The number of rotatable bonds is 5. The topological polar surface area (TPSA) is 37.4 Å². The second-order valence-corrected chi connectivity index (χ2v) is 5.72. The van der Waals surface area contributed by atoms with E-state index in [2.05, 4.69) is 6.92 Å². The third-order valence-electron chi connectivity index (χ3n) is 2.46. The summed E-state index contributed by atoms with van der Waals surface area (Å²) in [7, 11) is -2.90. The van der Waals surface area contributed by atoms with Gasteiger partial charge in [0, 0.05) is 13.1 Å². The first kappa shape index (κ1) is 11.0. The Hall–Kier alpha value is -0.0900. The Balaban J connectivity index is 2.36. The molecule has 0 aromatic rings. The predicted octanol–water partition coefficient (Wildman–Crippen LogP) is 1.60. The van der Waals surface area contributed by atoms with Gasteiger partial charge in [-0.15, -0.1) is 0 Å². The monoisotopic (exact) mass is 205 g/mol. The van der Waals surface area contributed by atoms with E-state index < -0.39 is 10.0 Å². The zero-order chi connectivity index (χ0) is 9.73. The highest BCUT2D eigenvalue weighted by Gasteiger charge is 2.24. The maximum atomic E-state index is 11.6. The van der Waals surface area contributed by atoms with Gasteiger partial charge in [0.05, 0.1) is 5.75 Å². The molecule has 1 heterocycles. The van der Waals surface area contributed by atoms with Crippen molar-refractivity contribution >= 4 is 10.0 Å². The summed E-state index contributed by atoms with van der Waals surface area (Å²) >= 11 is 0. The number of unbranched alkanes of at least 4 members (excludes halogenated alkanes) is 2. The lowest BCUT2D eigenvalue weighted by Gasteiger charge is -2.14. The third kappa shape index (κ3) is 3.27. The quantitative estimate of drug-likeness (QED) is 0.639. The van der Waals surface area contributed by atoms with Crippen molar-refractivity contribution in [2.24, 2.45) is 0 Å². The maximum Gasteiger partial charge on any atom is 0.214 e. The molecule has 0 aromatic carbocycles. The van der Waals surface area contributed by atoms with Gasteiger partial charge in [-0.25, -0.2) is 12.7 Å². The Morgan fingerprint density at radius 3 is 2.31 bits per heavy atom. The van der Waals surface area contributed by atoms with Crippen molar-refractivity contribution in [1.82, 2.24) is 4.31 Å². The van der Waals surface area contributed by atoms with E-state index in [0.717, 1.165) is 45.2 Å². The van der Waals surface area contributed by atoms with Crippen molar-refractivity contribution < 1.29 is 8.42 Å². The van der Waals surface area contributed by atoms with Gasteiger partial charge in [0.1, 0.15) is 0 Å². The average Bonchev–Trinajstić information content (AvgIpc) is 2.56. The first-order chi connectivity index (χ1) is 6.17. The van der Waals surface area contributed by atoms with E-state index in [1.165, 1.54) is 0 Å². The van der Waals surface area contributed by atoms with E-state index in [0.29, 0.717) is 5.75 Å². The normalized spacial score (nSPS) is 19.5. The fourth-order valence-electron chi connectivity index (χ4n) is 1.63. The molecule has 0 bridgehead atoms. The van der Waals surface area contributed by atoms with E-state index in [1.54, 1.807) is 4.31 Å². The van der Waals surface area contributed by atoms with Crippen LogP contribution < -0.4 is 0 Å². The number of hydrogen-bond donors (Lipinski definition) is 0. The summed E-state index contributed by atoms with van der Waals surface area (Å²) in [5, 5.41) is 0. The van der Waals surface area contributed by atoms with Crippen molar-refractivity contribution in [2.75, 3.05) is 18.8 Å².